The summed E-state index contributed by atoms with van der Waals surface area (Å²) in [4.78, 5) is 23.8. The van der Waals surface area contributed by atoms with Crippen molar-refractivity contribution >= 4 is 46.2 Å². The van der Waals surface area contributed by atoms with Crippen LogP contribution in [0.15, 0.2) is 53.2 Å². The van der Waals surface area contributed by atoms with E-state index in [2.05, 4.69) is 16.0 Å². The van der Waals surface area contributed by atoms with E-state index in [1.165, 1.54) is 6.92 Å². The lowest BCUT2D eigenvalue weighted by molar-refractivity contribution is -0.114. The minimum Gasteiger partial charge on any atom is -0.496 e. The Kier molecular flexibility index (Phi) is 4.71. The molecule has 2 amide bonds. The number of hydrogen-bond acceptors (Lipinski definition) is 4. The molecule has 2 heterocycles. The first-order valence-corrected chi connectivity index (χ1v) is 9.65. The van der Waals surface area contributed by atoms with Gasteiger partial charge in [0.2, 0.25) is 5.91 Å². The molecule has 6 heteroatoms. The maximum atomic E-state index is 12.5. The van der Waals surface area contributed by atoms with Gasteiger partial charge < -0.3 is 15.4 Å². The third-order valence-electron chi connectivity index (χ3n) is 4.49. The highest BCUT2D eigenvalue weighted by Crippen LogP contribution is 2.37. The molecule has 0 saturated carbocycles. The molecule has 0 aliphatic carbocycles. The number of anilines is 2. The van der Waals surface area contributed by atoms with E-state index in [0.717, 1.165) is 28.0 Å². The first kappa shape index (κ1) is 18.0. The van der Waals surface area contributed by atoms with Crippen molar-refractivity contribution < 1.29 is 14.3 Å². The Labute approximate surface area is 166 Å². The first-order chi connectivity index (χ1) is 13.5. The SMILES string of the molecule is COc1ccc(C=C2C(=O)Nc3cc(NC(C)=O)ccc32)cc1-c1ccsc1. The molecule has 140 valence electrons. The van der Waals surface area contributed by atoms with Crippen LogP contribution in [0.2, 0.25) is 0 Å². The Morgan fingerprint density at radius 3 is 2.71 bits per heavy atom. The molecule has 0 bridgehead atoms. The lowest BCUT2D eigenvalue weighted by atomic mass is 10.00. The monoisotopic (exact) mass is 390 g/mol. The number of methoxy groups -OCH3 is 1. The standard InChI is InChI=1S/C22H18N2O3S/c1-13(25)23-16-4-5-17-19(22(26)24-20(17)11-16)10-14-3-6-21(27-2)18(9-14)15-7-8-28-12-15/h3-12H,1-2H3,(H,23,25)(H,24,26). The fourth-order valence-corrected chi connectivity index (χ4v) is 3.90. The molecule has 1 aliphatic heterocycles. The summed E-state index contributed by atoms with van der Waals surface area (Å²) in [5.74, 6) is 0.471. The predicted molar refractivity (Wildman–Crippen MR) is 114 cm³/mol. The summed E-state index contributed by atoms with van der Waals surface area (Å²) in [6.45, 7) is 1.45. The second kappa shape index (κ2) is 7.32. The number of carbonyl (C=O) groups is 2. The number of fused-ring (bicyclic) bond motifs is 1. The van der Waals surface area contributed by atoms with Crippen molar-refractivity contribution in [2.45, 2.75) is 6.92 Å². The van der Waals surface area contributed by atoms with Gasteiger partial charge >= 0.3 is 0 Å². The van der Waals surface area contributed by atoms with Crippen molar-refractivity contribution in [3.05, 3.63) is 64.4 Å². The zero-order valence-corrected chi connectivity index (χ0v) is 16.2. The zero-order chi connectivity index (χ0) is 19.7. The molecule has 4 rings (SSSR count). The van der Waals surface area contributed by atoms with E-state index in [9.17, 15) is 9.59 Å². The zero-order valence-electron chi connectivity index (χ0n) is 15.4. The van der Waals surface area contributed by atoms with Crippen molar-refractivity contribution in [3.8, 4) is 16.9 Å². The van der Waals surface area contributed by atoms with Crippen LogP contribution >= 0.6 is 11.3 Å². The second-order valence-electron chi connectivity index (χ2n) is 6.43. The van der Waals surface area contributed by atoms with Crippen molar-refractivity contribution in [1.82, 2.24) is 0 Å². The van der Waals surface area contributed by atoms with Crippen molar-refractivity contribution in [2.24, 2.45) is 0 Å². The van der Waals surface area contributed by atoms with Gasteiger partial charge in [-0.25, -0.2) is 0 Å². The number of thiophene rings is 1. The fraction of sp³-hybridized carbons (Fsp3) is 0.0909. The molecule has 0 radical (unpaired) electrons. The second-order valence-corrected chi connectivity index (χ2v) is 7.21. The van der Waals surface area contributed by atoms with Gasteiger partial charge in [-0.2, -0.15) is 11.3 Å². The highest BCUT2D eigenvalue weighted by atomic mass is 32.1. The molecule has 0 saturated heterocycles. The normalized spacial score (nSPS) is 13.9. The van der Waals surface area contributed by atoms with E-state index in [0.29, 0.717) is 16.9 Å². The lowest BCUT2D eigenvalue weighted by Crippen LogP contribution is -2.06. The predicted octanol–water partition coefficient (Wildman–Crippen LogP) is 4.87. The van der Waals surface area contributed by atoms with E-state index in [4.69, 9.17) is 4.74 Å². The summed E-state index contributed by atoms with van der Waals surface area (Å²) in [6, 6.07) is 13.3. The summed E-state index contributed by atoms with van der Waals surface area (Å²) < 4.78 is 5.49. The molecule has 0 atom stereocenters. The molecule has 2 aromatic carbocycles. The Balaban J connectivity index is 1.73. The third kappa shape index (κ3) is 3.42. The smallest absolute Gasteiger partial charge is 0.256 e. The number of carbonyl (C=O) groups excluding carboxylic acids is 2. The summed E-state index contributed by atoms with van der Waals surface area (Å²) in [6.07, 6.45) is 1.87. The molecule has 2 N–H and O–H groups in total. The Morgan fingerprint density at radius 1 is 1.14 bits per heavy atom. The average Bonchev–Trinajstić information content (AvgIpc) is 3.30. The molecule has 1 aliphatic rings. The number of hydrogen-bond donors (Lipinski definition) is 2. The van der Waals surface area contributed by atoms with Crippen LogP contribution in [0.4, 0.5) is 11.4 Å². The van der Waals surface area contributed by atoms with Gasteiger partial charge in [-0.15, -0.1) is 0 Å². The number of nitrogens with one attached hydrogen (secondary N) is 2. The van der Waals surface area contributed by atoms with E-state index in [1.807, 2.05) is 41.8 Å². The van der Waals surface area contributed by atoms with Crippen LogP contribution in [-0.4, -0.2) is 18.9 Å². The summed E-state index contributed by atoms with van der Waals surface area (Å²) in [5.41, 5.74) is 5.71. The fourth-order valence-electron chi connectivity index (χ4n) is 3.24. The summed E-state index contributed by atoms with van der Waals surface area (Å²) >= 11 is 1.62. The molecule has 0 spiro atoms. The maximum absolute atomic E-state index is 12.5. The highest BCUT2D eigenvalue weighted by Gasteiger charge is 2.24. The van der Waals surface area contributed by atoms with Gasteiger partial charge in [0.25, 0.3) is 5.91 Å². The van der Waals surface area contributed by atoms with Crippen LogP contribution in [0.1, 0.15) is 18.1 Å². The van der Waals surface area contributed by atoms with Crippen LogP contribution in [0.5, 0.6) is 5.75 Å². The topological polar surface area (TPSA) is 67.4 Å². The molecular weight excluding hydrogens is 372 g/mol. The molecule has 0 unspecified atom stereocenters. The van der Waals surface area contributed by atoms with Gasteiger partial charge in [0.1, 0.15) is 5.75 Å². The maximum Gasteiger partial charge on any atom is 0.256 e. The van der Waals surface area contributed by atoms with Crippen LogP contribution in [0.3, 0.4) is 0 Å². The number of benzene rings is 2. The third-order valence-corrected chi connectivity index (χ3v) is 5.17. The van der Waals surface area contributed by atoms with Gasteiger partial charge in [0, 0.05) is 29.3 Å². The number of rotatable bonds is 4. The van der Waals surface area contributed by atoms with Gasteiger partial charge in [0.05, 0.1) is 12.8 Å². The Hall–Kier alpha value is -3.38. The molecule has 0 fully saturated rings. The summed E-state index contributed by atoms with van der Waals surface area (Å²) in [7, 11) is 1.65. The number of ether oxygens (including phenoxy) is 1. The van der Waals surface area contributed by atoms with Gasteiger partial charge in [-0.3, -0.25) is 9.59 Å². The highest BCUT2D eigenvalue weighted by molar-refractivity contribution is 7.08. The van der Waals surface area contributed by atoms with Gasteiger partial charge in [-0.05, 0) is 58.3 Å². The van der Waals surface area contributed by atoms with E-state index in [1.54, 1.807) is 30.6 Å². The Bertz CT molecular complexity index is 1100. The van der Waals surface area contributed by atoms with Crippen molar-refractivity contribution in [2.75, 3.05) is 17.7 Å². The molecule has 5 nitrogen and oxygen atoms in total. The summed E-state index contributed by atoms with van der Waals surface area (Å²) in [5, 5.41) is 9.68. The van der Waals surface area contributed by atoms with Gasteiger partial charge in [0.15, 0.2) is 0 Å². The lowest BCUT2D eigenvalue weighted by Gasteiger charge is -2.09. The van der Waals surface area contributed by atoms with Crippen LogP contribution in [0, 0.1) is 0 Å². The van der Waals surface area contributed by atoms with E-state index < -0.39 is 0 Å². The van der Waals surface area contributed by atoms with E-state index >= 15 is 0 Å². The first-order valence-electron chi connectivity index (χ1n) is 8.71. The molecule has 1 aromatic heterocycles. The average molecular weight is 390 g/mol. The van der Waals surface area contributed by atoms with E-state index in [-0.39, 0.29) is 11.8 Å². The number of amides is 2. The molecular formula is C22H18N2O3S. The minimum atomic E-state index is -0.164. The largest absolute Gasteiger partial charge is 0.496 e. The molecule has 3 aromatic rings. The van der Waals surface area contributed by atoms with Gasteiger partial charge in [-0.1, -0.05) is 12.1 Å². The van der Waals surface area contributed by atoms with Crippen LogP contribution < -0.4 is 15.4 Å². The Morgan fingerprint density at radius 2 is 2.00 bits per heavy atom. The minimum absolute atomic E-state index is 0.153. The van der Waals surface area contributed by atoms with Crippen molar-refractivity contribution in [1.29, 1.82) is 0 Å². The van der Waals surface area contributed by atoms with Crippen LogP contribution in [-0.2, 0) is 9.59 Å². The molecule has 28 heavy (non-hydrogen) atoms. The quantitative estimate of drug-likeness (QED) is 0.624. The van der Waals surface area contributed by atoms with Crippen LogP contribution in [0.25, 0.3) is 22.8 Å². The van der Waals surface area contributed by atoms with Crippen molar-refractivity contribution in [3.63, 3.8) is 0 Å².